The average Bonchev–Trinajstić information content (AvgIpc) is 3.75. The van der Waals surface area contributed by atoms with Gasteiger partial charge in [0.15, 0.2) is 17.8 Å². The van der Waals surface area contributed by atoms with E-state index < -0.39 is 59.4 Å². The summed E-state index contributed by atoms with van der Waals surface area (Å²) >= 11 is 0. The second-order valence-corrected chi connectivity index (χ2v) is 17.2. The Kier molecular flexibility index (Phi) is 17.7. The summed E-state index contributed by atoms with van der Waals surface area (Å²) in [6, 6.07) is 5.05. The number of carbonyl (C=O) groups is 3. The van der Waals surface area contributed by atoms with Crippen LogP contribution in [0, 0.1) is 23.7 Å². The fourth-order valence-corrected chi connectivity index (χ4v) is 8.40. The zero-order valence-electron chi connectivity index (χ0n) is 37.2. The predicted octanol–water partition coefficient (Wildman–Crippen LogP) is 5.57. The number of ether oxygens (including phenoxy) is 4. The Balaban J connectivity index is 1.80. The van der Waals surface area contributed by atoms with Crippen LogP contribution in [0.5, 0.6) is 0 Å². The molecule has 12 atom stereocenters. The number of cyclic esters (lactones) is 1. The second-order valence-electron chi connectivity index (χ2n) is 17.2. The maximum atomic E-state index is 14.5. The van der Waals surface area contributed by atoms with Crippen molar-refractivity contribution >= 4 is 29.6 Å². The Morgan fingerprint density at radius 2 is 1.87 bits per heavy atom. The van der Waals surface area contributed by atoms with E-state index in [9.17, 15) is 24.6 Å². The summed E-state index contributed by atoms with van der Waals surface area (Å²) in [4.78, 5) is 56.6. The monoisotopic (exact) mass is 841 g/mol. The highest BCUT2D eigenvalue weighted by molar-refractivity contribution is 6.00. The number of oxime groups is 1. The molecule has 16 heteroatoms. The molecule has 0 saturated carbocycles. The van der Waals surface area contributed by atoms with Crippen LogP contribution in [0.2, 0.25) is 0 Å². The van der Waals surface area contributed by atoms with Gasteiger partial charge in [0.2, 0.25) is 5.91 Å². The summed E-state index contributed by atoms with van der Waals surface area (Å²) in [5.74, 6) is -4.05. The Morgan fingerprint density at radius 3 is 2.47 bits per heavy atom. The smallest absolute Gasteiger partial charge is 0.316 e. The quantitative estimate of drug-likeness (QED) is 0.116. The zero-order valence-corrected chi connectivity index (χ0v) is 37.2. The van der Waals surface area contributed by atoms with Crippen LogP contribution in [-0.2, 0) is 44.8 Å². The predicted molar refractivity (Wildman–Crippen MR) is 224 cm³/mol. The summed E-state index contributed by atoms with van der Waals surface area (Å²) in [6.07, 6.45) is 2.55. The number of pyridine rings is 1. The van der Waals surface area contributed by atoms with Crippen LogP contribution in [0.15, 0.2) is 45.3 Å². The lowest BCUT2D eigenvalue weighted by atomic mass is 9.78. The number of aliphatic hydroxyl groups is 2. The van der Waals surface area contributed by atoms with Gasteiger partial charge in [0, 0.05) is 42.9 Å². The van der Waals surface area contributed by atoms with Crippen molar-refractivity contribution in [3.8, 4) is 11.5 Å². The summed E-state index contributed by atoms with van der Waals surface area (Å²) in [6.45, 7) is 15.5. The van der Waals surface area contributed by atoms with E-state index in [0.717, 1.165) is 5.56 Å². The lowest BCUT2D eigenvalue weighted by Crippen LogP contribution is -2.59. The third kappa shape index (κ3) is 12.6. The SMILES string of the molecule is CCC1CC/C(=N\OCc2ccc(-c3ccno3)nc2)CO[C@](C)(C[C@@H](C)/C=N\C(C)=O)[C@H](O[C@@H]2O[C@H](C)C[C@H](N(C)C)[C@H]2O)[C@@H](C)C(=O)[C@@H](C)C(=O)O[C@H](CC)[C@@]1(C)O. The molecule has 16 nitrogen and oxygen atoms in total. The number of amides is 1. The van der Waals surface area contributed by atoms with Crippen LogP contribution in [0.4, 0.5) is 0 Å². The van der Waals surface area contributed by atoms with Crippen molar-refractivity contribution in [2.75, 3.05) is 20.7 Å². The van der Waals surface area contributed by atoms with Gasteiger partial charge in [-0.15, -0.1) is 0 Å². The number of ketones is 1. The van der Waals surface area contributed by atoms with Crippen LogP contribution >= 0.6 is 0 Å². The minimum atomic E-state index is -1.45. The highest BCUT2D eigenvalue weighted by Gasteiger charge is 2.50. The Labute approximate surface area is 354 Å². The van der Waals surface area contributed by atoms with Gasteiger partial charge in [-0.2, -0.15) is 0 Å². The number of rotatable bonds is 12. The third-order valence-corrected chi connectivity index (χ3v) is 12.0. The van der Waals surface area contributed by atoms with Crippen LogP contribution in [-0.4, -0.2) is 123 Å². The molecule has 0 spiro atoms. The molecule has 2 saturated heterocycles. The van der Waals surface area contributed by atoms with Crippen molar-refractivity contribution in [2.45, 2.75) is 155 Å². The molecule has 2 fully saturated rings. The number of nitrogens with zero attached hydrogens (tertiary/aromatic N) is 5. The fourth-order valence-electron chi connectivity index (χ4n) is 8.40. The number of aliphatic imine (C=N–C) groups is 1. The molecule has 0 aromatic carbocycles. The average molecular weight is 842 g/mol. The molecule has 0 aliphatic carbocycles. The van der Waals surface area contributed by atoms with Crippen molar-refractivity contribution in [3.05, 3.63) is 36.2 Å². The van der Waals surface area contributed by atoms with E-state index in [1.165, 1.54) is 20.1 Å². The molecule has 0 radical (unpaired) electrons. The van der Waals surface area contributed by atoms with E-state index in [-0.39, 0.29) is 49.5 Å². The number of aliphatic hydroxyl groups excluding tert-OH is 1. The number of hydrogen-bond acceptors (Lipinski definition) is 15. The van der Waals surface area contributed by atoms with Crippen molar-refractivity contribution in [3.63, 3.8) is 0 Å². The second kappa shape index (κ2) is 21.7. The topological polar surface area (TPSA) is 205 Å². The first kappa shape index (κ1) is 48.7. The zero-order chi connectivity index (χ0) is 44.4. The largest absolute Gasteiger partial charge is 0.459 e. The van der Waals surface area contributed by atoms with E-state index in [2.05, 4.69) is 20.3 Å². The standard InChI is InChI=1S/C44H67N5O11/c1-12-32-15-16-33(48-56-24-31-14-17-34(46-23-31)36-18-19-47-60-36)25-55-43(8,21-26(3)22-45-30(7)50)40(59-42-39(52)35(49(10)11)20-27(4)57-42)28(5)38(51)29(6)41(53)58-37(13-2)44(32,9)54/h14,17-19,22-23,26-29,32,35,37,39-40,42,52,54H,12-13,15-16,20-21,24-25H2,1-11H3/b45-22-,48-33+/t26-,27-,28+,29-,32?,35+,37-,39-,40-,42+,43-,44+/m1/s1. The first-order valence-corrected chi connectivity index (χ1v) is 21.1. The molecule has 4 heterocycles. The molecule has 2 aromatic heterocycles. The maximum absolute atomic E-state index is 14.5. The summed E-state index contributed by atoms with van der Waals surface area (Å²) in [5, 5.41) is 31.9. The van der Waals surface area contributed by atoms with Gasteiger partial charge in [0.05, 0.1) is 36.3 Å². The van der Waals surface area contributed by atoms with Gasteiger partial charge in [0.1, 0.15) is 36.0 Å². The molecule has 1 unspecified atom stereocenters. The summed E-state index contributed by atoms with van der Waals surface area (Å²) in [5.41, 5.74) is -0.922. The van der Waals surface area contributed by atoms with Crippen molar-refractivity contribution < 1.29 is 52.9 Å². The number of carbonyl (C=O) groups excluding carboxylic acids is 3. The molecule has 2 aliphatic heterocycles. The van der Waals surface area contributed by atoms with Crippen LogP contribution in [0.25, 0.3) is 11.5 Å². The molecular weight excluding hydrogens is 775 g/mol. The number of esters is 1. The molecule has 1 amide bonds. The normalized spacial score (nSPS) is 34.0. The molecular formula is C44H67N5O11. The molecule has 4 rings (SSSR count). The number of hydrogen-bond donors (Lipinski definition) is 2. The molecule has 2 N–H and O–H groups in total. The van der Waals surface area contributed by atoms with E-state index in [4.69, 9.17) is 28.3 Å². The van der Waals surface area contributed by atoms with E-state index in [1.807, 2.05) is 52.8 Å². The minimum absolute atomic E-state index is 0.0813. The summed E-state index contributed by atoms with van der Waals surface area (Å²) in [7, 11) is 3.74. The Morgan fingerprint density at radius 1 is 1.13 bits per heavy atom. The van der Waals surface area contributed by atoms with E-state index in [1.54, 1.807) is 45.3 Å². The highest BCUT2D eigenvalue weighted by atomic mass is 16.7. The van der Waals surface area contributed by atoms with E-state index in [0.29, 0.717) is 49.3 Å². The molecule has 60 heavy (non-hydrogen) atoms. The molecule has 0 bridgehead atoms. The van der Waals surface area contributed by atoms with Crippen molar-refractivity contribution in [2.24, 2.45) is 33.8 Å². The first-order chi connectivity index (χ1) is 28.3. The molecule has 334 valence electrons. The lowest BCUT2D eigenvalue weighted by molar-refractivity contribution is -0.296. The van der Waals surface area contributed by atoms with Crippen LogP contribution in [0.3, 0.4) is 0 Å². The number of aromatic nitrogens is 2. The summed E-state index contributed by atoms with van der Waals surface area (Å²) < 4.78 is 31.1. The van der Waals surface area contributed by atoms with Gasteiger partial charge in [-0.3, -0.25) is 19.4 Å². The van der Waals surface area contributed by atoms with Crippen LogP contribution in [0.1, 0.15) is 106 Å². The number of Topliss-reactive ketones (excluding diaryl/α,β-unsaturated/α-hetero) is 1. The van der Waals surface area contributed by atoms with Gasteiger partial charge in [-0.25, -0.2) is 4.99 Å². The van der Waals surface area contributed by atoms with Gasteiger partial charge < -0.3 is 43.4 Å². The van der Waals surface area contributed by atoms with Gasteiger partial charge in [-0.05, 0) is 91.8 Å². The third-order valence-electron chi connectivity index (χ3n) is 12.0. The fraction of sp³-hybridized carbons (Fsp3) is 0.705. The van der Waals surface area contributed by atoms with Gasteiger partial charge >= 0.3 is 5.97 Å². The minimum Gasteiger partial charge on any atom is -0.459 e. The molecule has 2 aliphatic rings. The molecule has 2 aromatic rings. The Hall–Kier alpha value is -3.93. The first-order valence-electron chi connectivity index (χ1n) is 21.1. The van der Waals surface area contributed by atoms with Gasteiger partial charge in [-0.1, -0.05) is 50.5 Å². The number of likely N-dealkylation sites (N-methyl/N-ethyl adjacent to an activating group) is 1. The van der Waals surface area contributed by atoms with Crippen molar-refractivity contribution in [1.29, 1.82) is 0 Å². The maximum Gasteiger partial charge on any atom is 0.316 e. The Bertz CT molecular complexity index is 1750. The lowest BCUT2D eigenvalue weighted by Gasteiger charge is -2.47. The van der Waals surface area contributed by atoms with Crippen LogP contribution < -0.4 is 0 Å². The van der Waals surface area contributed by atoms with E-state index >= 15 is 0 Å². The highest BCUT2D eigenvalue weighted by Crippen LogP contribution is 2.38. The van der Waals surface area contributed by atoms with Crippen molar-refractivity contribution in [1.82, 2.24) is 15.0 Å². The van der Waals surface area contributed by atoms with Gasteiger partial charge in [0.25, 0.3) is 0 Å².